The number of carboxylic acid groups (broad SMARTS) is 1. The van der Waals surface area contributed by atoms with Crippen LogP contribution in [0.4, 0.5) is 4.79 Å². The number of carboxylic acids is 1. The van der Waals surface area contributed by atoms with E-state index in [2.05, 4.69) is 11.9 Å². The highest BCUT2D eigenvalue weighted by molar-refractivity contribution is 6.29. The van der Waals surface area contributed by atoms with Gasteiger partial charge in [0.15, 0.2) is 0 Å². The molecule has 0 aromatic carbocycles. The highest BCUT2D eigenvalue weighted by atomic mass is 35.5. The Hall–Kier alpha value is -1.23. The molecule has 0 aromatic heterocycles. The van der Waals surface area contributed by atoms with Crippen molar-refractivity contribution in [2.45, 2.75) is 25.7 Å². The fourth-order valence-electron chi connectivity index (χ4n) is 2.04. The number of aliphatic carboxylic acids is 1. The van der Waals surface area contributed by atoms with Gasteiger partial charge >= 0.3 is 12.0 Å². The number of piperidine rings is 1. The van der Waals surface area contributed by atoms with Crippen molar-refractivity contribution in [3.8, 4) is 0 Å². The van der Waals surface area contributed by atoms with Gasteiger partial charge in [0.2, 0.25) is 0 Å². The molecule has 0 spiro atoms. The number of hydrogen-bond donors (Lipinski definition) is 2. The van der Waals surface area contributed by atoms with Gasteiger partial charge in [0.05, 0.1) is 6.54 Å². The number of nitrogens with one attached hydrogen (secondary N) is 1. The first-order valence-corrected chi connectivity index (χ1v) is 6.44. The SMILES string of the molecule is C=C(Cl)CNC(=O)N1CCC(CCC(=O)O)CC1. The summed E-state index contributed by atoms with van der Waals surface area (Å²) in [5.74, 6) is -0.344. The lowest BCUT2D eigenvalue weighted by atomic mass is 9.92. The summed E-state index contributed by atoms with van der Waals surface area (Å²) < 4.78 is 0. The molecule has 5 nitrogen and oxygen atoms in total. The maximum absolute atomic E-state index is 11.7. The Morgan fingerprint density at radius 3 is 2.50 bits per heavy atom. The molecule has 1 heterocycles. The molecule has 0 bridgehead atoms. The third-order valence-electron chi connectivity index (χ3n) is 3.10. The van der Waals surface area contributed by atoms with Crippen LogP contribution in [0, 0.1) is 5.92 Å². The zero-order valence-electron chi connectivity index (χ0n) is 10.3. The summed E-state index contributed by atoms with van der Waals surface area (Å²) in [6, 6.07) is -0.131. The lowest BCUT2D eigenvalue weighted by Crippen LogP contribution is -2.44. The zero-order chi connectivity index (χ0) is 13.5. The Kier molecular flexibility index (Phi) is 5.98. The summed E-state index contributed by atoms with van der Waals surface area (Å²) in [4.78, 5) is 23.9. The van der Waals surface area contributed by atoms with Gasteiger partial charge in [-0.05, 0) is 25.2 Å². The quantitative estimate of drug-likeness (QED) is 0.806. The van der Waals surface area contributed by atoms with Crippen LogP contribution in [-0.4, -0.2) is 41.6 Å². The minimum Gasteiger partial charge on any atom is -0.481 e. The summed E-state index contributed by atoms with van der Waals surface area (Å²) >= 11 is 5.57. The van der Waals surface area contributed by atoms with E-state index in [9.17, 15) is 9.59 Å². The van der Waals surface area contributed by atoms with E-state index in [1.807, 2.05) is 0 Å². The number of amides is 2. The van der Waals surface area contributed by atoms with Crippen molar-refractivity contribution >= 4 is 23.6 Å². The molecule has 0 atom stereocenters. The molecular weight excluding hydrogens is 256 g/mol. The Morgan fingerprint density at radius 1 is 1.39 bits per heavy atom. The molecule has 18 heavy (non-hydrogen) atoms. The summed E-state index contributed by atoms with van der Waals surface area (Å²) in [5, 5.41) is 11.7. The first-order chi connectivity index (χ1) is 8.49. The van der Waals surface area contributed by atoms with Gasteiger partial charge in [0.1, 0.15) is 0 Å². The van der Waals surface area contributed by atoms with Crippen molar-refractivity contribution in [2.75, 3.05) is 19.6 Å². The largest absolute Gasteiger partial charge is 0.481 e. The molecule has 0 radical (unpaired) electrons. The highest BCUT2D eigenvalue weighted by Gasteiger charge is 2.22. The van der Waals surface area contributed by atoms with Crippen LogP contribution in [0.25, 0.3) is 0 Å². The van der Waals surface area contributed by atoms with E-state index in [1.54, 1.807) is 4.90 Å². The number of nitrogens with zero attached hydrogens (tertiary/aromatic N) is 1. The average Bonchev–Trinajstić information content (AvgIpc) is 2.34. The normalized spacial score (nSPS) is 16.4. The van der Waals surface area contributed by atoms with Crippen LogP contribution in [0.2, 0.25) is 0 Å². The minimum absolute atomic E-state index is 0.131. The summed E-state index contributed by atoms with van der Waals surface area (Å²) in [5.41, 5.74) is 0. The van der Waals surface area contributed by atoms with Crippen LogP contribution in [0.15, 0.2) is 11.6 Å². The Bertz CT molecular complexity index is 325. The maximum Gasteiger partial charge on any atom is 0.317 e. The van der Waals surface area contributed by atoms with E-state index < -0.39 is 5.97 Å². The molecule has 0 aliphatic carbocycles. The second-order valence-corrected chi connectivity index (χ2v) is 5.07. The van der Waals surface area contributed by atoms with E-state index in [-0.39, 0.29) is 19.0 Å². The molecular formula is C12H19ClN2O3. The van der Waals surface area contributed by atoms with Gasteiger partial charge in [-0.25, -0.2) is 4.79 Å². The predicted octanol–water partition coefficient (Wildman–Crippen LogP) is 2.03. The van der Waals surface area contributed by atoms with Gasteiger partial charge in [-0.1, -0.05) is 18.2 Å². The van der Waals surface area contributed by atoms with E-state index in [0.29, 0.717) is 30.5 Å². The number of carbonyl (C=O) groups is 2. The lowest BCUT2D eigenvalue weighted by molar-refractivity contribution is -0.137. The van der Waals surface area contributed by atoms with Crippen molar-refractivity contribution in [2.24, 2.45) is 5.92 Å². The summed E-state index contributed by atoms with van der Waals surface area (Å²) in [6.45, 7) is 5.12. The van der Waals surface area contributed by atoms with Gasteiger partial charge in [0.25, 0.3) is 0 Å². The fourth-order valence-corrected chi connectivity index (χ4v) is 2.10. The topological polar surface area (TPSA) is 69.6 Å². The molecule has 1 fully saturated rings. The van der Waals surface area contributed by atoms with E-state index in [1.165, 1.54) is 0 Å². The number of halogens is 1. The van der Waals surface area contributed by atoms with E-state index >= 15 is 0 Å². The van der Waals surface area contributed by atoms with Gasteiger partial charge in [-0.15, -0.1) is 0 Å². The van der Waals surface area contributed by atoms with E-state index in [0.717, 1.165) is 12.8 Å². The molecule has 0 saturated carbocycles. The van der Waals surface area contributed by atoms with Gasteiger partial charge in [0, 0.05) is 24.5 Å². The Morgan fingerprint density at radius 2 is 2.00 bits per heavy atom. The molecule has 0 aromatic rings. The van der Waals surface area contributed by atoms with Crippen molar-refractivity contribution in [3.05, 3.63) is 11.6 Å². The van der Waals surface area contributed by atoms with Crippen molar-refractivity contribution in [3.63, 3.8) is 0 Å². The van der Waals surface area contributed by atoms with Crippen LogP contribution in [0.3, 0.4) is 0 Å². The third-order valence-corrected chi connectivity index (χ3v) is 3.23. The average molecular weight is 275 g/mol. The molecule has 6 heteroatoms. The van der Waals surface area contributed by atoms with Gasteiger partial charge in [-0.3, -0.25) is 4.79 Å². The number of urea groups is 1. The van der Waals surface area contributed by atoms with Gasteiger partial charge < -0.3 is 15.3 Å². The third kappa shape index (κ3) is 5.40. The molecule has 2 N–H and O–H groups in total. The first-order valence-electron chi connectivity index (χ1n) is 6.07. The van der Waals surface area contributed by atoms with Gasteiger partial charge in [-0.2, -0.15) is 0 Å². The van der Waals surface area contributed by atoms with Crippen LogP contribution < -0.4 is 5.32 Å². The first kappa shape index (κ1) is 14.8. The molecule has 1 saturated heterocycles. The number of rotatable bonds is 5. The molecule has 102 valence electrons. The van der Waals surface area contributed by atoms with Crippen LogP contribution >= 0.6 is 11.6 Å². The predicted molar refractivity (Wildman–Crippen MR) is 69.6 cm³/mol. The smallest absolute Gasteiger partial charge is 0.317 e. The Balaban J connectivity index is 2.24. The number of hydrogen-bond acceptors (Lipinski definition) is 2. The fraction of sp³-hybridized carbons (Fsp3) is 0.667. The minimum atomic E-state index is -0.754. The molecule has 0 unspecified atom stereocenters. The van der Waals surface area contributed by atoms with Crippen LogP contribution in [-0.2, 0) is 4.79 Å². The molecule has 1 aliphatic heterocycles. The molecule has 1 rings (SSSR count). The van der Waals surface area contributed by atoms with Crippen molar-refractivity contribution in [1.29, 1.82) is 0 Å². The summed E-state index contributed by atoms with van der Waals surface area (Å²) in [7, 11) is 0. The molecule has 1 aliphatic rings. The monoisotopic (exact) mass is 274 g/mol. The Labute approximate surface area is 112 Å². The number of likely N-dealkylation sites (tertiary alicyclic amines) is 1. The highest BCUT2D eigenvalue weighted by Crippen LogP contribution is 2.21. The van der Waals surface area contributed by atoms with Crippen molar-refractivity contribution in [1.82, 2.24) is 10.2 Å². The summed E-state index contributed by atoms with van der Waals surface area (Å²) in [6.07, 6.45) is 2.64. The second-order valence-electron chi connectivity index (χ2n) is 4.54. The van der Waals surface area contributed by atoms with Crippen LogP contribution in [0.1, 0.15) is 25.7 Å². The maximum atomic E-state index is 11.7. The molecule has 2 amide bonds. The second kappa shape index (κ2) is 7.26. The van der Waals surface area contributed by atoms with Crippen LogP contribution in [0.5, 0.6) is 0 Å². The lowest BCUT2D eigenvalue weighted by Gasteiger charge is -2.31. The number of carbonyl (C=O) groups excluding carboxylic acids is 1. The van der Waals surface area contributed by atoms with E-state index in [4.69, 9.17) is 16.7 Å². The standard InChI is InChI=1S/C12H19ClN2O3/c1-9(13)8-14-12(18)15-6-4-10(5-7-15)2-3-11(16)17/h10H,1-8H2,(H,14,18)(H,16,17). The van der Waals surface area contributed by atoms with Crippen molar-refractivity contribution < 1.29 is 14.7 Å². The zero-order valence-corrected chi connectivity index (χ0v) is 11.1.